The van der Waals surface area contributed by atoms with Crippen molar-refractivity contribution in [1.29, 1.82) is 0 Å². The fourth-order valence-corrected chi connectivity index (χ4v) is 3.49. The number of carbonyl (C=O) groups excluding carboxylic acids is 1. The standard InChI is InChI=1S/C18H22N6O/c1-11-6-7-15-14(8-11)21-16(24(15)2)10-19-18(25)22-13-5-3-4-12-9-20-23-17(12)13/h6-9,13H,3-5,10H2,1-2H3,(H,20,23)(H2,19,22,25). The molecule has 7 nitrogen and oxygen atoms in total. The molecule has 1 unspecified atom stereocenters. The topological polar surface area (TPSA) is 87.6 Å². The number of carbonyl (C=O) groups is 1. The minimum absolute atomic E-state index is 0.00524. The number of amides is 2. The average molecular weight is 338 g/mol. The molecule has 1 aliphatic rings. The van der Waals surface area contributed by atoms with Crippen LogP contribution in [0.3, 0.4) is 0 Å². The minimum Gasteiger partial charge on any atom is -0.331 e. The van der Waals surface area contributed by atoms with Gasteiger partial charge in [0.25, 0.3) is 0 Å². The molecule has 0 aliphatic heterocycles. The molecule has 3 aromatic rings. The number of hydrogen-bond acceptors (Lipinski definition) is 3. The van der Waals surface area contributed by atoms with Gasteiger partial charge in [-0.05, 0) is 49.4 Å². The van der Waals surface area contributed by atoms with E-state index in [0.29, 0.717) is 6.54 Å². The minimum atomic E-state index is -0.185. The van der Waals surface area contributed by atoms with Crippen molar-refractivity contribution in [3.63, 3.8) is 0 Å². The van der Waals surface area contributed by atoms with E-state index >= 15 is 0 Å². The summed E-state index contributed by atoms with van der Waals surface area (Å²) in [7, 11) is 1.97. The Bertz CT molecular complexity index is 925. The maximum atomic E-state index is 12.3. The number of benzene rings is 1. The number of nitrogens with zero attached hydrogens (tertiary/aromatic N) is 3. The van der Waals surface area contributed by atoms with Crippen LogP contribution in [0, 0.1) is 6.92 Å². The molecule has 130 valence electrons. The predicted molar refractivity (Wildman–Crippen MR) is 95.1 cm³/mol. The zero-order valence-corrected chi connectivity index (χ0v) is 14.5. The van der Waals surface area contributed by atoms with Crippen molar-refractivity contribution < 1.29 is 4.79 Å². The summed E-state index contributed by atoms with van der Waals surface area (Å²) in [6.07, 6.45) is 4.85. The second kappa shape index (κ2) is 6.23. The lowest BCUT2D eigenvalue weighted by Gasteiger charge is -2.23. The summed E-state index contributed by atoms with van der Waals surface area (Å²) in [5.41, 5.74) is 5.42. The molecule has 1 aliphatic carbocycles. The second-order valence-electron chi connectivity index (χ2n) is 6.66. The molecule has 2 aromatic heterocycles. The van der Waals surface area contributed by atoms with E-state index in [0.717, 1.165) is 41.8 Å². The molecule has 0 fully saturated rings. The number of rotatable bonds is 3. The third-order valence-corrected chi connectivity index (χ3v) is 4.88. The number of H-pyrrole nitrogens is 1. The fraction of sp³-hybridized carbons (Fsp3) is 0.389. The van der Waals surface area contributed by atoms with Gasteiger partial charge in [-0.1, -0.05) is 6.07 Å². The molecule has 7 heteroatoms. The van der Waals surface area contributed by atoms with Crippen LogP contribution in [0.4, 0.5) is 4.79 Å². The molecule has 1 aromatic carbocycles. The summed E-state index contributed by atoms with van der Waals surface area (Å²) in [6.45, 7) is 2.44. The monoisotopic (exact) mass is 338 g/mol. The van der Waals surface area contributed by atoms with Gasteiger partial charge in [0, 0.05) is 7.05 Å². The van der Waals surface area contributed by atoms with E-state index in [9.17, 15) is 4.79 Å². The molecule has 0 spiro atoms. The van der Waals surface area contributed by atoms with Gasteiger partial charge in [0.15, 0.2) is 0 Å². The van der Waals surface area contributed by atoms with Crippen LogP contribution in [0.2, 0.25) is 0 Å². The lowest BCUT2D eigenvalue weighted by molar-refractivity contribution is 0.234. The van der Waals surface area contributed by atoms with Gasteiger partial charge in [0.05, 0.1) is 35.5 Å². The number of nitrogens with one attached hydrogen (secondary N) is 3. The van der Waals surface area contributed by atoms with E-state index in [-0.39, 0.29) is 12.1 Å². The highest BCUT2D eigenvalue weighted by atomic mass is 16.2. The van der Waals surface area contributed by atoms with Gasteiger partial charge in [0.1, 0.15) is 5.82 Å². The molecular formula is C18H22N6O. The third-order valence-electron chi connectivity index (χ3n) is 4.88. The highest BCUT2D eigenvalue weighted by molar-refractivity contribution is 5.77. The average Bonchev–Trinajstić information content (AvgIpc) is 3.18. The molecular weight excluding hydrogens is 316 g/mol. The quantitative estimate of drug-likeness (QED) is 0.685. The normalized spacial score (nSPS) is 16.6. The molecule has 0 bridgehead atoms. The number of imidazole rings is 1. The van der Waals surface area contributed by atoms with Crippen molar-refractivity contribution in [3.8, 4) is 0 Å². The SMILES string of the molecule is Cc1ccc2c(c1)nc(CNC(=O)NC1CCCc3cn[nH]c31)n2C. The Morgan fingerprint density at radius 3 is 3.20 bits per heavy atom. The first-order valence-corrected chi connectivity index (χ1v) is 8.60. The van der Waals surface area contributed by atoms with Gasteiger partial charge in [-0.15, -0.1) is 0 Å². The van der Waals surface area contributed by atoms with E-state index in [1.54, 1.807) is 0 Å². The number of aromatic nitrogens is 4. The van der Waals surface area contributed by atoms with Crippen molar-refractivity contribution in [2.45, 2.75) is 38.8 Å². The van der Waals surface area contributed by atoms with Crippen molar-refractivity contribution in [3.05, 3.63) is 47.0 Å². The summed E-state index contributed by atoms with van der Waals surface area (Å²) in [6, 6.07) is 5.99. The number of fused-ring (bicyclic) bond motifs is 2. The molecule has 25 heavy (non-hydrogen) atoms. The molecule has 4 rings (SSSR count). The van der Waals surface area contributed by atoms with Crippen molar-refractivity contribution in [2.75, 3.05) is 0 Å². The number of urea groups is 1. The van der Waals surface area contributed by atoms with E-state index in [2.05, 4.69) is 44.0 Å². The van der Waals surface area contributed by atoms with Crippen molar-refractivity contribution in [1.82, 2.24) is 30.4 Å². The van der Waals surface area contributed by atoms with E-state index in [1.807, 2.05) is 24.7 Å². The Labute approximate surface area is 145 Å². The number of aromatic amines is 1. The van der Waals surface area contributed by atoms with Crippen LogP contribution in [0.5, 0.6) is 0 Å². The lowest BCUT2D eigenvalue weighted by Crippen LogP contribution is -2.39. The number of aryl methyl sites for hydroxylation is 3. The van der Waals surface area contributed by atoms with Crippen LogP contribution < -0.4 is 10.6 Å². The Balaban J connectivity index is 1.42. The lowest BCUT2D eigenvalue weighted by atomic mass is 9.94. The maximum Gasteiger partial charge on any atom is 0.315 e. The first-order valence-electron chi connectivity index (χ1n) is 8.60. The highest BCUT2D eigenvalue weighted by Gasteiger charge is 2.23. The van der Waals surface area contributed by atoms with Crippen LogP contribution in [-0.4, -0.2) is 25.8 Å². The van der Waals surface area contributed by atoms with Crippen LogP contribution in [0.1, 0.15) is 41.5 Å². The van der Waals surface area contributed by atoms with Gasteiger partial charge >= 0.3 is 6.03 Å². The van der Waals surface area contributed by atoms with E-state index < -0.39 is 0 Å². The van der Waals surface area contributed by atoms with Crippen LogP contribution in [-0.2, 0) is 20.0 Å². The summed E-state index contributed by atoms with van der Waals surface area (Å²) >= 11 is 0. The smallest absolute Gasteiger partial charge is 0.315 e. The van der Waals surface area contributed by atoms with Gasteiger partial charge in [-0.3, -0.25) is 5.10 Å². The third kappa shape index (κ3) is 2.97. The molecule has 3 N–H and O–H groups in total. The highest BCUT2D eigenvalue weighted by Crippen LogP contribution is 2.27. The maximum absolute atomic E-state index is 12.3. The number of hydrogen-bond donors (Lipinski definition) is 3. The molecule has 0 radical (unpaired) electrons. The summed E-state index contributed by atoms with van der Waals surface area (Å²) in [5.74, 6) is 0.835. The molecule has 0 saturated heterocycles. The fourth-order valence-electron chi connectivity index (χ4n) is 3.49. The summed E-state index contributed by atoms with van der Waals surface area (Å²) in [4.78, 5) is 16.9. The molecule has 2 amide bonds. The molecule has 0 saturated carbocycles. The van der Waals surface area contributed by atoms with Crippen molar-refractivity contribution in [2.24, 2.45) is 7.05 Å². The first-order chi connectivity index (χ1) is 12.1. The Morgan fingerprint density at radius 2 is 2.32 bits per heavy atom. The second-order valence-corrected chi connectivity index (χ2v) is 6.66. The molecule has 1 atom stereocenters. The van der Waals surface area contributed by atoms with Crippen LogP contribution >= 0.6 is 0 Å². The molecule has 2 heterocycles. The first kappa shape index (κ1) is 15.7. The predicted octanol–water partition coefficient (Wildman–Crippen LogP) is 2.48. The Morgan fingerprint density at radius 1 is 1.44 bits per heavy atom. The van der Waals surface area contributed by atoms with Crippen LogP contribution in [0.15, 0.2) is 24.4 Å². The largest absolute Gasteiger partial charge is 0.331 e. The summed E-state index contributed by atoms with van der Waals surface area (Å²) < 4.78 is 2.02. The van der Waals surface area contributed by atoms with Gasteiger partial charge < -0.3 is 15.2 Å². The summed E-state index contributed by atoms with van der Waals surface area (Å²) in [5, 5.41) is 13.1. The van der Waals surface area contributed by atoms with E-state index in [4.69, 9.17) is 0 Å². The van der Waals surface area contributed by atoms with Gasteiger partial charge in [0.2, 0.25) is 0 Å². The van der Waals surface area contributed by atoms with Crippen molar-refractivity contribution >= 4 is 17.1 Å². The van der Waals surface area contributed by atoms with Gasteiger partial charge in [-0.2, -0.15) is 5.10 Å². The zero-order chi connectivity index (χ0) is 17.4. The zero-order valence-electron chi connectivity index (χ0n) is 14.5. The Hall–Kier alpha value is -2.83. The Kier molecular flexibility index (Phi) is 3.91. The van der Waals surface area contributed by atoms with Crippen LogP contribution in [0.25, 0.3) is 11.0 Å². The van der Waals surface area contributed by atoms with E-state index in [1.165, 1.54) is 11.1 Å². The van der Waals surface area contributed by atoms with Gasteiger partial charge in [-0.25, -0.2) is 9.78 Å².